The fraction of sp³-hybridized carbons (Fsp3) is 0.500. The van der Waals surface area contributed by atoms with Crippen LogP contribution in [0.25, 0.3) is 0 Å². The highest BCUT2D eigenvalue weighted by molar-refractivity contribution is 9.10. The summed E-state index contributed by atoms with van der Waals surface area (Å²) in [4.78, 5) is 2.28. The summed E-state index contributed by atoms with van der Waals surface area (Å²) in [5.74, 6) is 0.804. The molecule has 1 aliphatic carbocycles. The van der Waals surface area contributed by atoms with Crippen molar-refractivity contribution in [2.45, 2.75) is 12.8 Å². The van der Waals surface area contributed by atoms with E-state index in [9.17, 15) is 0 Å². The van der Waals surface area contributed by atoms with E-state index in [1.807, 2.05) is 0 Å². The van der Waals surface area contributed by atoms with E-state index in [0.29, 0.717) is 0 Å². The standard InChI is InChI=1S/C12H16BrN/c1-14(2)8-9-6-10-4-3-5-12(13)11(10)7-9/h3-5,9H,6-8H2,1-2H3. The Kier molecular flexibility index (Phi) is 2.93. The van der Waals surface area contributed by atoms with Gasteiger partial charge in [-0.05, 0) is 50.0 Å². The molecule has 1 aromatic rings. The van der Waals surface area contributed by atoms with Crippen molar-refractivity contribution in [2.24, 2.45) is 5.92 Å². The molecule has 14 heavy (non-hydrogen) atoms. The minimum absolute atomic E-state index is 0.804. The second kappa shape index (κ2) is 4.03. The van der Waals surface area contributed by atoms with Crippen LogP contribution in [0.5, 0.6) is 0 Å². The van der Waals surface area contributed by atoms with E-state index in [2.05, 4.69) is 53.1 Å². The minimum Gasteiger partial charge on any atom is -0.309 e. The molecular weight excluding hydrogens is 238 g/mol. The van der Waals surface area contributed by atoms with Crippen molar-refractivity contribution in [2.75, 3.05) is 20.6 Å². The number of benzene rings is 1. The van der Waals surface area contributed by atoms with Crippen molar-refractivity contribution in [1.29, 1.82) is 0 Å². The lowest BCUT2D eigenvalue weighted by atomic mass is 10.1. The first-order valence-corrected chi connectivity index (χ1v) is 5.87. The summed E-state index contributed by atoms with van der Waals surface area (Å²) in [5.41, 5.74) is 3.06. The molecule has 0 N–H and O–H groups in total. The summed E-state index contributed by atoms with van der Waals surface area (Å²) in [6.45, 7) is 1.20. The summed E-state index contributed by atoms with van der Waals surface area (Å²) in [6.07, 6.45) is 2.47. The third kappa shape index (κ3) is 2.01. The zero-order valence-electron chi connectivity index (χ0n) is 8.76. The highest BCUT2D eigenvalue weighted by atomic mass is 79.9. The van der Waals surface area contributed by atoms with Gasteiger partial charge >= 0.3 is 0 Å². The van der Waals surface area contributed by atoms with Crippen LogP contribution in [-0.4, -0.2) is 25.5 Å². The zero-order valence-corrected chi connectivity index (χ0v) is 10.3. The maximum absolute atomic E-state index is 3.63. The quantitative estimate of drug-likeness (QED) is 0.784. The van der Waals surface area contributed by atoms with E-state index in [1.165, 1.54) is 35.0 Å². The first-order chi connectivity index (χ1) is 6.66. The lowest BCUT2D eigenvalue weighted by Crippen LogP contribution is -2.21. The molecule has 0 amide bonds. The zero-order chi connectivity index (χ0) is 10.1. The van der Waals surface area contributed by atoms with Crippen LogP contribution in [0.4, 0.5) is 0 Å². The number of fused-ring (bicyclic) bond motifs is 1. The summed E-state index contributed by atoms with van der Waals surface area (Å²) >= 11 is 3.63. The van der Waals surface area contributed by atoms with E-state index < -0.39 is 0 Å². The Morgan fingerprint density at radius 3 is 2.79 bits per heavy atom. The second-order valence-electron chi connectivity index (χ2n) is 4.41. The predicted octanol–water partition coefficient (Wildman–Crippen LogP) is 2.73. The number of hydrogen-bond donors (Lipinski definition) is 0. The van der Waals surface area contributed by atoms with Crippen molar-refractivity contribution >= 4 is 15.9 Å². The molecular formula is C12H16BrN. The molecule has 1 aliphatic rings. The monoisotopic (exact) mass is 253 g/mol. The summed E-state index contributed by atoms with van der Waals surface area (Å²) in [7, 11) is 4.30. The van der Waals surface area contributed by atoms with E-state index in [-0.39, 0.29) is 0 Å². The molecule has 2 rings (SSSR count). The van der Waals surface area contributed by atoms with Crippen molar-refractivity contribution < 1.29 is 0 Å². The number of hydrogen-bond acceptors (Lipinski definition) is 1. The first-order valence-electron chi connectivity index (χ1n) is 5.08. The molecule has 76 valence electrons. The molecule has 0 saturated heterocycles. The fourth-order valence-corrected chi connectivity index (χ4v) is 2.91. The van der Waals surface area contributed by atoms with Crippen LogP contribution in [0, 0.1) is 5.92 Å². The predicted molar refractivity (Wildman–Crippen MR) is 63.6 cm³/mol. The molecule has 1 unspecified atom stereocenters. The molecule has 1 nitrogen and oxygen atoms in total. The van der Waals surface area contributed by atoms with Crippen molar-refractivity contribution in [3.05, 3.63) is 33.8 Å². The SMILES string of the molecule is CN(C)CC1Cc2cccc(Br)c2C1. The average Bonchev–Trinajstić information content (AvgIpc) is 2.47. The molecule has 1 atom stereocenters. The van der Waals surface area contributed by atoms with Gasteiger partial charge in [0.1, 0.15) is 0 Å². The molecule has 0 heterocycles. The van der Waals surface area contributed by atoms with Gasteiger partial charge in [-0.2, -0.15) is 0 Å². The van der Waals surface area contributed by atoms with Gasteiger partial charge in [-0.25, -0.2) is 0 Å². The molecule has 0 aliphatic heterocycles. The summed E-state index contributed by atoms with van der Waals surface area (Å²) < 4.78 is 1.29. The number of rotatable bonds is 2. The Bertz CT molecular complexity index is 333. The maximum Gasteiger partial charge on any atom is 0.0210 e. The molecule has 0 aromatic heterocycles. The van der Waals surface area contributed by atoms with Crippen LogP contribution in [0.3, 0.4) is 0 Å². The first kappa shape index (κ1) is 10.2. The van der Waals surface area contributed by atoms with Crippen molar-refractivity contribution in [1.82, 2.24) is 4.90 Å². The van der Waals surface area contributed by atoms with E-state index in [1.54, 1.807) is 0 Å². The van der Waals surface area contributed by atoms with Gasteiger partial charge in [-0.3, -0.25) is 0 Å². The Hall–Kier alpha value is -0.340. The number of halogens is 1. The Balaban J connectivity index is 2.14. The van der Waals surface area contributed by atoms with Crippen molar-refractivity contribution in [3.63, 3.8) is 0 Å². The van der Waals surface area contributed by atoms with Gasteiger partial charge in [0, 0.05) is 11.0 Å². The van der Waals surface area contributed by atoms with Crippen molar-refractivity contribution in [3.8, 4) is 0 Å². The van der Waals surface area contributed by atoms with Crippen LogP contribution in [0.15, 0.2) is 22.7 Å². The highest BCUT2D eigenvalue weighted by Gasteiger charge is 2.23. The Morgan fingerprint density at radius 2 is 2.14 bits per heavy atom. The maximum atomic E-state index is 3.63. The van der Waals surface area contributed by atoms with Crippen LogP contribution in [-0.2, 0) is 12.8 Å². The van der Waals surface area contributed by atoms with Gasteiger partial charge < -0.3 is 4.90 Å². The van der Waals surface area contributed by atoms with E-state index >= 15 is 0 Å². The minimum atomic E-state index is 0.804. The molecule has 0 saturated carbocycles. The normalized spacial score (nSPS) is 20.1. The Morgan fingerprint density at radius 1 is 1.36 bits per heavy atom. The summed E-state index contributed by atoms with van der Waals surface area (Å²) in [5, 5.41) is 0. The van der Waals surface area contributed by atoms with E-state index in [4.69, 9.17) is 0 Å². The largest absolute Gasteiger partial charge is 0.309 e. The fourth-order valence-electron chi connectivity index (χ4n) is 2.34. The van der Waals surface area contributed by atoms with Gasteiger partial charge in [-0.1, -0.05) is 28.1 Å². The van der Waals surface area contributed by atoms with Crippen LogP contribution in [0.2, 0.25) is 0 Å². The van der Waals surface area contributed by atoms with E-state index in [0.717, 1.165) is 5.92 Å². The van der Waals surface area contributed by atoms with Crippen LogP contribution in [0.1, 0.15) is 11.1 Å². The van der Waals surface area contributed by atoms with Gasteiger partial charge in [0.25, 0.3) is 0 Å². The van der Waals surface area contributed by atoms with Gasteiger partial charge in [0.2, 0.25) is 0 Å². The molecule has 1 aromatic carbocycles. The second-order valence-corrected chi connectivity index (χ2v) is 5.27. The smallest absolute Gasteiger partial charge is 0.0210 e. The lowest BCUT2D eigenvalue weighted by molar-refractivity contribution is 0.332. The van der Waals surface area contributed by atoms with Gasteiger partial charge in [0.05, 0.1) is 0 Å². The third-order valence-corrected chi connectivity index (χ3v) is 3.58. The third-order valence-electron chi connectivity index (χ3n) is 2.84. The van der Waals surface area contributed by atoms with Gasteiger partial charge in [0.15, 0.2) is 0 Å². The number of nitrogens with zero attached hydrogens (tertiary/aromatic N) is 1. The topological polar surface area (TPSA) is 3.24 Å². The highest BCUT2D eigenvalue weighted by Crippen LogP contribution is 2.32. The lowest BCUT2D eigenvalue weighted by Gasteiger charge is -2.14. The molecule has 0 spiro atoms. The summed E-state index contributed by atoms with van der Waals surface area (Å²) in [6, 6.07) is 6.55. The average molecular weight is 254 g/mol. The van der Waals surface area contributed by atoms with Gasteiger partial charge in [-0.15, -0.1) is 0 Å². The molecule has 0 radical (unpaired) electrons. The molecule has 0 fully saturated rings. The Labute approximate surface area is 94.2 Å². The molecule has 2 heteroatoms. The van der Waals surface area contributed by atoms with Crippen LogP contribution >= 0.6 is 15.9 Å². The molecule has 0 bridgehead atoms. The van der Waals surface area contributed by atoms with Crippen LogP contribution < -0.4 is 0 Å².